The third-order valence-corrected chi connectivity index (χ3v) is 2.47. The molecule has 2 nitrogen and oxygen atoms in total. The SMILES string of the molecule is CC.CC.CC.CC.CC.CC.CC.CC.CCC.CCC.CCC.CCC.c1ccccc1.c1ccccc1.c1ccncc1.c1ccncc1. The highest BCUT2D eigenvalue weighted by Crippen LogP contribution is 1.80. The summed E-state index contributed by atoms with van der Waals surface area (Å²) in [5.41, 5.74) is 0. The van der Waals surface area contributed by atoms with Gasteiger partial charge >= 0.3 is 0 Å². The number of rotatable bonds is 0. The van der Waals surface area contributed by atoms with Gasteiger partial charge in [0.1, 0.15) is 0 Å². The Balaban J connectivity index is -0.0000000338. The van der Waals surface area contributed by atoms with E-state index in [9.17, 15) is 0 Å². The van der Waals surface area contributed by atoms with Crippen LogP contribution in [0, 0.1) is 0 Å². The lowest BCUT2D eigenvalue weighted by atomic mass is 10.4. The maximum absolute atomic E-state index is 3.78. The van der Waals surface area contributed by atoms with Gasteiger partial charge < -0.3 is 0 Å². The molecule has 2 aromatic carbocycles. The minimum absolute atomic E-state index is 1.25. The average Bonchev–Trinajstić information content (AvgIpc) is 3.28. The van der Waals surface area contributed by atoms with Crippen LogP contribution in [-0.4, -0.2) is 9.97 Å². The Hall–Kier alpha value is -3.26. The standard InChI is InChI=1S/2C6H6.2C5H5N.4C3H8.8C2H6/c4*1-2-4-6-5-3-1;4*1-3-2;8*1-2/h2*1-6H;2*1-5H;4*3H2,1-2H3;8*1-2H3. The molecule has 0 saturated carbocycles. The van der Waals surface area contributed by atoms with Crippen molar-refractivity contribution in [2.45, 2.75) is 192 Å². The van der Waals surface area contributed by atoms with Crippen LogP contribution in [0.5, 0.6) is 0 Å². The van der Waals surface area contributed by atoms with Crippen LogP contribution in [0.3, 0.4) is 0 Å². The van der Waals surface area contributed by atoms with E-state index < -0.39 is 0 Å². The van der Waals surface area contributed by atoms with Gasteiger partial charge in [-0.25, -0.2) is 0 Å². The van der Waals surface area contributed by atoms with Crippen molar-refractivity contribution in [3.05, 3.63) is 134 Å². The van der Waals surface area contributed by atoms with Crippen LogP contribution >= 0.6 is 0 Å². The van der Waals surface area contributed by atoms with Crippen LogP contribution < -0.4 is 0 Å². The van der Waals surface area contributed by atoms with Gasteiger partial charge in [-0.2, -0.15) is 0 Å². The highest BCUT2D eigenvalue weighted by molar-refractivity contribution is 4.99. The van der Waals surface area contributed by atoms with Gasteiger partial charge in [-0.15, -0.1) is 0 Å². The van der Waals surface area contributed by atoms with Crippen molar-refractivity contribution >= 4 is 0 Å². The monoisotopic (exact) mass is 731 g/mol. The van der Waals surface area contributed by atoms with Crippen molar-refractivity contribution in [3.8, 4) is 0 Å². The molecule has 0 unspecified atom stereocenters. The Morgan fingerprint density at radius 3 is 0.308 bits per heavy atom. The molecule has 0 aliphatic carbocycles. The molecule has 4 rings (SSSR count). The fourth-order valence-electron chi connectivity index (χ4n) is 1.40. The van der Waals surface area contributed by atoms with Gasteiger partial charge in [0, 0.05) is 24.8 Å². The van der Waals surface area contributed by atoms with E-state index in [1.54, 1.807) is 24.8 Å². The molecule has 52 heavy (non-hydrogen) atoms. The molecule has 0 fully saturated rings. The molecular weight excluding hydrogens is 629 g/mol. The number of hydrogen-bond acceptors (Lipinski definition) is 2. The first-order valence-electron chi connectivity index (χ1n) is 21.4. The normalized spacial score (nSPS) is 6.00. The smallest absolute Gasteiger partial charge is 0.0267 e. The van der Waals surface area contributed by atoms with Gasteiger partial charge in [0.2, 0.25) is 0 Å². The molecule has 0 atom stereocenters. The third-order valence-electron chi connectivity index (χ3n) is 2.47. The van der Waals surface area contributed by atoms with E-state index >= 15 is 0 Å². The van der Waals surface area contributed by atoms with E-state index in [0.717, 1.165) is 0 Å². The van der Waals surface area contributed by atoms with Crippen molar-refractivity contribution in [1.82, 2.24) is 9.97 Å². The highest BCUT2D eigenvalue weighted by atomic mass is 14.6. The molecule has 2 heteroatoms. The van der Waals surface area contributed by atoms with Crippen molar-refractivity contribution in [2.24, 2.45) is 0 Å². The van der Waals surface area contributed by atoms with Gasteiger partial charge in [-0.1, -0.05) is 277 Å². The number of benzene rings is 2. The summed E-state index contributed by atoms with van der Waals surface area (Å²) in [6, 6.07) is 35.4. The summed E-state index contributed by atoms with van der Waals surface area (Å²) < 4.78 is 0. The van der Waals surface area contributed by atoms with Crippen LogP contribution in [0.4, 0.5) is 0 Å². The Bertz CT molecular complexity index is 478. The molecule has 0 aliphatic heterocycles. The summed E-state index contributed by atoms with van der Waals surface area (Å²) in [4.78, 5) is 7.57. The third kappa shape index (κ3) is 227. The van der Waals surface area contributed by atoms with Crippen LogP contribution in [0.15, 0.2) is 134 Å². The molecule has 0 amide bonds. The lowest BCUT2D eigenvalue weighted by Crippen LogP contribution is -1.58. The number of aromatic nitrogens is 2. The fourth-order valence-corrected chi connectivity index (χ4v) is 1.40. The molecule has 0 radical (unpaired) electrons. The molecule has 0 aliphatic rings. The van der Waals surface area contributed by atoms with Crippen molar-refractivity contribution in [3.63, 3.8) is 0 Å². The van der Waals surface area contributed by atoms with E-state index in [0.29, 0.717) is 0 Å². The average molecular weight is 731 g/mol. The highest BCUT2D eigenvalue weighted by Gasteiger charge is 1.60. The second kappa shape index (κ2) is 170. The molecule has 2 aromatic heterocycles. The van der Waals surface area contributed by atoms with Crippen molar-refractivity contribution in [1.29, 1.82) is 0 Å². The van der Waals surface area contributed by atoms with E-state index in [4.69, 9.17) is 0 Å². The van der Waals surface area contributed by atoms with Gasteiger partial charge in [-0.05, 0) is 24.3 Å². The molecule has 0 N–H and O–H groups in total. The summed E-state index contributed by atoms with van der Waals surface area (Å²) in [5, 5.41) is 0. The first-order valence-corrected chi connectivity index (χ1v) is 21.4. The van der Waals surface area contributed by atoms with Crippen LogP contribution in [0.2, 0.25) is 0 Å². The lowest BCUT2D eigenvalue weighted by Gasteiger charge is -1.70. The minimum Gasteiger partial charge on any atom is -0.265 e. The van der Waals surface area contributed by atoms with Gasteiger partial charge in [0.05, 0.1) is 0 Å². The summed E-state index contributed by atoms with van der Waals surface area (Å²) in [5.74, 6) is 0. The fraction of sp³-hybridized carbons (Fsp3) is 0.560. The Labute approximate surface area is 334 Å². The molecule has 312 valence electrons. The maximum atomic E-state index is 3.78. The van der Waals surface area contributed by atoms with E-state index in [1.165, 1.54) is 25.7 Å². The molecule has 4 aromatic rings. The number of pyridine rings is 2. The maximum Gasteiger partial charge on any atom is 0.0267 e. The molecular formula is C50H102N2. The van der Waals surface area contributed by atoms with Crippen LogP contribution in [0.1, 0.15) is 192 Å². The summed E-state index contributed by atoms with van der Waals surface area (Å²) >= 11 is 0. The Morgan fingerprint density at radius 2 is 0.269 bits per heavy atom. The number of hydrogen-bond donors (Lipinski definition) is 0. The second-order valence-corrected chi connectivity index (χ2v) is 7.19. The van der Waals surface area contributed by atoms with Crippen LogP contribution in [0.25, 0.3) is 0 Å². The topological polar surface area (TPSA) is 25.8 Å². The summed E-state index contributed by atoms with van der Waals surface area (Å²) in [7, 11) is 0. The minimum atomic E-state index is 1.25. The summed E-state index contributed by atoms with van der Waals surface area (Å²) in [6.45, 7) is 49.0. The van der Waals surface area contributed by atoms with E-state index in [1.807, 2.05) is 220 Å². The predicted octanol–water partition coefficient (Wildman–Crippen LogP) is 19.4. The Morgan fingerprint density at radius 1 is 0.192 bits per heavy atom. The second-order valence-electron chi connectivity index (χ2n) is 7.19. The largest absolute Gasteiger partial charge is 0.265 e. The number of nitrogens with zero attached hydrogens (tertiary/aromatic N) is 2. The zero-order chi connectivity index (χ0) is 43.8. The quantitative estimate of drug-likeness (QED) is 0.180. The lowest BCUT2D eigenvalue weighted by molar-refractivity contribution is 1.09. The van der Waals surface area contributed by atoms with Crippen molar-refractivity contribution < 1.29 is 0 Å². The first kappa shape index (κ1) is 82.3. The zero-order valence-corrected chi connectivity index (χ0v) is 40.4. The van der Waals surface area contributed by atoms with Crippen LogP contribution in [-0.2, 0) is 0 Å². The van der Waals surface area contributed by atoms with E-state index in [2.05, 4.69) is 65.4 Å². The van der Waals surface area contributed by atoms with E-state index in [-0.39, 0.29) is 0 Å². The van der Waals surface area contributed by atoms with Gasteiger partial charge in [0.15, 0.2) is 0 Å². The first-order chi connectivity index (χ1) is 25.7. The Kier molecular flexibility index (Phi) is 270. The zero-order valence-electron chi connectivity index (χ0n) is 40.4. The molecule has 0 bridgehead atoms. The molecule has 2 heterocycles. The summed E-state index contributed by atoms with van der Waals surface area (Å²) in [6.07, 6.45) is 12.0. The van der Waals surface area contributed by atoms with Gasteiger partial charge in [0.25, 0.3) is 0 Å². The van der Waals surface area contributed by atoms with Crippen molar-refractivity contribution in [2.75, 3.05) is 0 Å². The predicted molar refractivity (Wildman–Crippen MR) is 256 cm³/mol. The van der Waals surface area contributed by atoms with Gasteiger partial charge in [-0.3, -0.25) is 9.97 Å². The molecule has 0 saturated heterocycles. The molecule has 0 spiro atoms.